The fourth-order valence-electron chi connectivity index (χ4n) is 2.03. The molecule has 0 saturated carbocycles. The average molecular weight is 302 g/mol. The first-order chi connectivity index (χ1) is 10.4. The number of benzene rings is 1. The van der Waals surface area contributed by atoms with Gasteiger partial charge in [0, 0.05) is 13.1 Å². The van der Waals surface area contributed by atoms with E-state index in [4.69, 9.17) is 9.84 Å². The Morgan fingerprint density at radius 3 is 2.45 bits per heavy atom. The number of aromatic amines is 1. The summed E-state index contributed by atoms with van der Waals surface area (Å²) in [6.45, 7) is 3.83. The third kappa shape index (κ3) is 3.28. The predicted molar refractivity (Wildman–Crippen MR) is 81.4 cm³/mol. The molecule has 0 bridgehead atoms. The number of aromatic nitrogens is 1. The standard InChI is InChI=1S/C16H18N2O4/c1-9-4-6-11(7-5-9)10(2)22-13-8-12(16(20)21)18-14(13)15(19)17-3/h4-8,10,18H,1-3H3,(H,17,19)(H,20,21). The molecule has 1 atom stereocenters. The maximum Gasteiger partial charge on any atom is 0.352 e. The van der Waals surface area contributed by atoms with Gasteiger partial charge in [0.2, 0.25) is 0 Å². The van der Waals surface area contributed by atoms with Gasteiger partial charge >= 0.3 is 5.97 Å². The van der Waals surface area contributed by atoms with E-state index in [9.17, 15) is 9.59 Å². The summed E-state index contributed by atoms with van der Waals surface area (Å²) < 4.78 is 5.77. The Kier molecular flexibility index (Phi) is 4.50. The Bertz CT molecular complexity index is 689. The lowest BCUT2D eigenvalue weighted by Crippen LogP contribution is -2.19. The Morgan fingerprint density at radius 2 is 1.91 bits per heavy atom. The normalized spacial score (nSPS) is 11.8. The van der Waals surface area contributed by atoms with Crippen LogP contribution in [0.15, 0.2) is 30.3 Å². The Morgan fingerprint density at radius 1 is 1.27 bits per heavy atom. The molecule has 2 rings (SSSR count). The maximum atomic E-state index is 11.8. The topological polar surface area (TPSA) is 91.4 Å². The molecular weight excluding hydrogens is 284 g/mol. The number of amides is 1. The number of nitrogens with one attached hydrogen (secondary N) is 2. The number of aromatic carboxylic acids is 1. The first-order valence-corrected chi connectivity index (χ1v) is 6.84. The van der Waals surface area contributed by atoms with E-state index in [2.05, 4.69) is 10.3 Å². The average Bonchev–Trinajstić information content (AvgIpc) is 2.91. The van der Waals surface area contributed by atoms with Crippen molar-refractivity contribution < 1.29 is 19.4 Å². The summed E-state index contributed by atoms with van der Waals surface area (Å²) in [5, 5.41) is 11.5. The highest BCUT2D eigenvalue weighted by Crippen LogP contribution is 2.26. The lowest BCUT2D eigenvalue weighted by Gasteiger charge is -2.15. The van der Waals surface area contributed by atoms with Gasteiger partial charge in [0.05, 0.1) is 0 Å². The summed E-state index contributed by atoms with van der Waals surface area (Å²) in [4.78, 5) is 25.4. The van der Waals surface area contributed by atoms with Crippen LogP contribution < -0.4 is 10.1 Å². The number of carboxylic acids is 1. The van der Waals surface area contributed by atoms with Gasteiger partial charge in [-0.25, -0.2) is 4.79 Å². The molecule has 0 aliphatic rings. The molecule has 1 unspecified atom stereocenters. The van der Waals surface area contributed by atoms with Crippen LogP contribution in [-0.2, 0) is 0 Å². The lowest BCUT2D eigenvalue weighted by atomic mass is 10.1. The van der Waals surface area contributed by atoms with Gasteiger partial charge in [-0.05, 0) is 19.4 Å². The lowest BCUT2D eigenvalue weighted by molar-refractivity contribution is 0.0691. The molecule has 3 N–H and O–H groups in total. The highest BCUT2D eigenvalue weighted by Gasteiger charge is 2.21. The molecule has 0 aliphatic heterocycles. The van der Waals surface area contributed by atoms with Gasteiger partial charge in [0.25, 0.3) is 5.91 Å². The molecule has 0 fully saturated rings. The maximum absolute atomic E-state index is 11.8. The SMILES string of the molecule is CNC(=O)c1[nH]c(C(=O)O)cc1OC(C)c1ccc(C)cc1. The summed E-state index contributed by atoms with van der Waals surface area (Å²) in [5.74, 6) is -1.37. The molecule has 6 nitrogen and oxygen atoms in total. The number of H-pyrrole nitrogens is 1. The van der Waals surface area contributed by atoms with Crippen molar-refractivity contribution in [3.05, 3.63) is 52.8 Å². The number of aryl methyl sites for hydroxylation is 1. The van der Waals surface area contributed by atoms with Gasteiger partial charge in [-0.3, -0.25) is 4.79 Å². The predicted octanol–water partition coefficient (Wildman–Crippen LogP) is 2.52. The van der Waals surface area contributed by atoms with Crippen molar-refractivity contribution in [3.8, 4) is 5.75 Å². The molecular formula is C16H18N2O4. The summed E-state index contributed by atoms with van der Waals surface area (Å²) in [7, 11) is 1.47. The van der Waals surface area contributed by atoms with Gasteiger partial charge in [-0.15, -0.1) is 0 Å². The number of hydrogen-bond acceptors (Lipinski definition) is 3. The molecule has 2 aromatic rings. The molecule has 1 aromatic heterocycles. The van der Waals surface area contributed by atoms with Gasteiger partial charge < -0.3 is 20.1 Å². The number of carbonyl (C=O) groups is 2. The second kappa shape index (κ2) is 6.34. The Balaban J connectivity index is 2.29. The quantitative estimate of drug-likeness (QED) is 0.791. The molecule has 1 amide bonds. The number of hydrogen-bond donors (Lipinski definition) is 3. The van der Waals surface area contributed by atoms with E-state index in [1.54, 1.807) is 0 Å². The minimum Gasteiger partial charge on any atom is -0.484 e. The van der Waals surface area contributed by atoms with Crippen molar-refractivity contribution >= 4 is 11.9 Å². The second-order valence-electron chi connectivity index (χ2n) is 4.98. The monoisotopic (exact) mass is 302 g/mol. The van der Waals surface area contributed by atoms with E-state index >= 15 is 0 Å². The summed E-state index contributed by atoms with van der Waals surface area (Å²) in [5.41, 5.74) is 2.08. The zero-order valence-electron chi connectivity index (χ0n) is 12.6. The Labute approximate surface area is 128 Å². The van der Waals surface area contributed by atoms with Gasteiger partial charge in [-0.2, -0.15) is 0 Å². The van der Waals surface area contributed by atoms with Crippen molar-refractivity contribution in [2.24, 2.45) is 0 Å². The smallest absolute Gasteiger partial charge is 0.352 e. The van der Waals surface area contributed by atoms with Crippen LogP contribution in [0.25, 0.3) is 0 Å². The highest BCUT2D eigenvalue weighted by molar-refractivity contribution is 5.97. The van der Waals surface area contributed by atoms with Gasteiger partial charge in [0.1, 0.15) is 17.5 Å². The zero-order chi connectivity index (χ0) is 16.3. The fourth-order valence-corrected chi connectivity index (χ4v) is 2.03. The van der Waals surface area contributed by atoms with Crippen LogP contribution in [0.1, 0.15) is 45.1 Å². The van der Waals surface area contributed by atoms with Gasteiger partial charge in [-0.1, -0.05) is 29.8 Å². The third-order valence-electron chi connectivity index (χ3n) is 3.32. The van der Waals surface area contributed by atoms with Crippen LogP contribution in [0.2, 0.25) is 0 Å². The van der Waals surface area contributed by atoms with E-state index in [-0.39, 0.29) is 23.2 Å². The Hall–Kier alpha value is -2.76. The van der Waals surface area contributed by atoms with Crippen LogP contribution in [0.4, 0.5) is 0 Å². The van der Waals surface area contributed by atoms with E-state index in [1.807, 2.05) is 38.1 Å². The number of carboxylic acid groups (broad SMARTS) is 1. The minimum atomic E-state index is -1.15. The van der Waals surface area contributed by atoms with Gasteiger partial charge in [0.15, 0.2) is 5.75 Å². The zero-order valence-corrected chi connectivity index (χ0v) is 12.6. The van der Waals surface area contributed by atoms with E-state index < -0.39 is 11.9 Å². The largest absolute Gasteiger partial charge is 0.484 e. The van der Waals surface area contributed by atoms with Crippen molar-refractivity contribution in [1.29, 1.82) is 0 Å². The van der Waals surface area contributed by atoms with E-state index in [0.29, 0.717) is 0 Å². The fraction of sp³-hybridized carbons (Fsp3) is 0.250. The first kappa shape index (κ1) is 15.6. The molecule has 0 aliphatic carbocycles. The summed E-state index contributed by atoms with van der Waals surface area (Å²) in [6.07, 6.45) is -0.318. The molecule has 0 radical (unpaired) electrons. The molecule has 1 heterocycles. The second-order valence-corrected chi connectivity index (χ2v) is 4.98. The molecule has 0 spiro atoms. The first-order valence-electron chi connectivity index (χ1n) is 6.84. The minimum absolute atomic E-state index is 0.0929. The van der Waals surface area contributed by atoms with Crippen LogP contribution in [-0.4, -0.2) is 29.0 Å². The van der Waals surface area contributed by atoms with Crippen LogP contribution in [0.3, 0.4) is 0 Å². The van der Waals surface area contributed by atoms with Crippen LogP contribution in [0.5, 0.6) is 5.75 Å². The van der Waals surface area contributed by atoms with E-state index in [0.717, 1.165) is 11.1 Å². The number of ether oxygens (including phenoxy) is 1. The van der Waals surface area contributed by atoms with Crippen LogP contribution in [0, 0.1) is 6.92 Å². The number of carbonyl (C=O) groups excluding carboxylic acids is 1. The molecule has 116 valence electrons. The third-order valence-corrected chi connectivity index (χ3v) is 3.32. The highest BCUT2D eigenvalue weighted by atomic mass is 16.5. The summed E-state index contributed by atoms with van der Waals surface area (Å²) >= 11 is 0. The summed E-state index contributed by atoms with van der Waals surface area (Å²) in [6, 6.07) is 9.12. The number of rotatable bonds is 5. The van der Waals surface area contributed by atoms with Crippen molar-refractivity contribution in [3.63, 3.8) is 0 Å². The molecule has 0 saturated heterocycles. The van der Waals surface area contributed by atoms with Crippen molar-refractivity contribution in [2.75, 3.05) is 7.05 Å². The van der Waals surface area contributed by atoms with Crippen LogP contribution >= 0.6 is 0 Å². The molecule has 6 heteroatoms. The molecule has 1 aromatic carbocycles. The van der Waals surface area contributed by atoms with Crippen molar-refractivity contribution in [2.45, 2.75) is 20.0 Å². The molecule has 22 heavy (non-hydrogen) atoms. The van der Waals surface area contributed by atoms with E-state index in [1.165, 1.54) is 13.1 Å². The van der Waals surface area contributed by atoms with Crippen molar-refractivity contribution in [1.82, 2.24) is 10.3 Å².